The van der Waals surface area contributed by atoms with E-state index >= 15 is 0 Å². The van der Waals surface area contributed by atoms with E-state index in [4.69, 9.17) is 5.73 Å². The fourth-order valence-electron chi connectivity index (χ4n) is 1.55. The number of aromatic nitrogens is 2. The summed E-state index contributed by atoms with van der Waals surface area (Å²) >= 11 is 0. The third-order valence-electron chi connectivity index (χ3n) is 2.50. The number of anilines is 2. The summed E-state index contributed by atoms with van der Waals surface area (Å²) in [5, 5.41) is 3.06. The van der Waals surface area contributed by atoms with Gasteiger partial charge in [0.15, 0.2) is 0 Å². The summed E-state index contributed by atoms with van der Waals surface area (Å²) in [6.07, 6.45) is 2.11. The number of carbonyl (C=O) groups excluding carboxylic acids is 1. The molecule has 6 nitrogen and oxygen atoms in total. The molecule has 1 aromatic rings. The first-order valence-electron chi connectivity index (χ1n) is 5.54. The minimum atomic E-state index is -0.343. The van der Waals surface area contributed by atoms with Crippen molar-refractivity contribution in [2.75, 3.05) is 25.1 Å². The van der Waals surface area contributed by atoms with Crippen LogP contribution in [0.2, 0.25) is 0 Å². The van der Waals surface area contributed by atoms with Crippen molar-refractivity contribution < 1.29 is 4.79 Å². The Bertz CT molecular complexity index is 405. The van der Waals surface area contributed by atoms with Gasteiger partial charge in [-0.15, -0.1) is 0 Å². The smallest absolute Gasteiger partial charge is 0.244 e. The Morgan fingerprint density at radius 2 is 2.18 bits per heavy atom. The quantitative estimate of drug-likeness (QED) is 0.797. The number of nitrogens with one attached hydrogen (secondary N) is 1. The molecule has 17 heavy (non-hydrogen) atoms. The van der Waals surface area contributed by atoms with Crippen molar-refractivity contribution in [2.45, 2.75) is 26.3 Å². The summed E-state index contributed by atoms with van der Waals surface area (Å²) in [7, 11) is 3.44. The zero-order valence-electron chi connectivity index (χ0n) is 10.7. The lowest BCUT2D eigenvalue weighted by molar-refractivity contribution is -0.129. The number of carbonyl (C=O) groups is 1. The van der Waals surface area contributed by atoms with Gasteiger partial charge in [0.05, 0.1) is 0 Å². The first-order valence-corrected chi connectivity index (χ1v) is 5.54. The van der Waals surface area contributed by atoms with Gasteiger partial charge in [-0.2, -0.15) is 0 Å². The molecule has 0 bridgehead atoms. The molecule has 1 unspecified atom stereocenters. The zero-order valence-corrected chi connectivity index (χ0v) is 10.7. The first kappa shape index (κ1) is 13.2. The van der Waals surface area contributed by atoms with Crippen molar-refractivity contribution in [2.24, 2.45) is 0 Å². The minimum absolute atomic E-state index is 0.00997. The van der Waals surface area contributed by atoms with Gasteiger partial charge in [0, 0.05) is 19.7 Å². The van der Waals surface area contributed by atoms with E-state index in [1.807, 2.05) is 6.92 Å². The molecule has 1 rings (SSSR count). The molecule has 0 saturated heterocycles. The number of nitrogens with zero attached hydrogens (tertiary/aromatic N) is 3. The van der Waals surface area contributed by atoms with Gasteiger partial charge >= 0.3 is 0 Å². The Morgan fingerprint density at radius 1 is 1.53 bits per heavy atom. The van der Waals surface area contributed by atoms with E-state index in [0.717, 1.165) is 12.0 Å². The van der Waals surface area contributed by atoms with Crippen LogP contribution in [-0.4, -0.2) is 40.9 Å². The van der Waals surface area contributed by atoms with Crippen LogP contribution in [0.25, 0.3) is 0 Å². The summed E-state index contributed by atoms with van der Waals surface area (Å²) in [6.45, 7) is 3.76. The standard InChI is InChI=1S/C11H19N5O/c1-5-8-9(12)13-6-14-10(8)15-7(2)11(17)16(3)4/h6-7H,5H2,1-4H3,(H3,12,13,14,15). The molecule has 0 aliphatic rings. The van der Waals surface area contributed by atoms with Crippen molar-refractivity contribution in [3.63, 3.8) is 0 Å². The molecule has 0 aliphatic heterocycles. The molecule has 0 fully saturated rings. The van der Waals surface area contributed by atoms with Crippen molar-refractivity contribution >= 4 is 17.5 Å². The Kier molecular flexibility index (Phi) is 4.25. The Hall–Kier alpha value is -1.85. The molecule has 0 saturated carbocycles. The molecule has 0 aliphatic carbocycles. The fourth-order valence-corrected chi connectivity index (χ4v) is 1.55. The molecule has 1 atom stereocenters. The van der Waals surface area contributed by atoms with Crippen LogP contribution in [0.3, 0.4) is 0 Å². The molecular weight excluding hydrogens is 218 g/mol. The van der Waals surface area contributed by atoms with E-state index in [1.54, 1.807) is 21.0 Å². The summed E-state index contributed by atoms with van der Waals surface area (Å²) in [5.74, 6) is 1.07. The molecule has 3 N–H and O–H groups in total. The summed E-state index contributed by atoms with van der Waals surface area (Å²) in [6, 6.07) is -0.343. The van der Waals surface area contributed by atoms with Crippen LogP contribution in [0.1, 0.15) is 19.4 Å². The van der Waals surface area contributed by atoms with Gasteiger partial charge in [-0.25, -0.2) is 9.97 Å². The minimum Gasteiger partial charge on any atom is -0.383 e. The average molecular weight is 237 g/mol. The predicted octanol–water partition coefficient (Wildman–Crippen LogP) is 0.510. The van der Waals surface area contributed by atoms with Gasteiger partial charge in [0.2, 0.25) is 5.91 Å². The lowest BCUT2D eigenvalue weighted by atomic mass is 10.2. The predicted molar refractivity (Wildman–Crippen MR) is 67.6 cm³/mol. The van der Waals surface area contributed by atoms with E-state index in [0.29, 0.717) is 11.6 Å². The second-order valence-corrected chi connectivity index (χ2v) is 4.04. The normalized spacial score (nSPS) is 12.0. The largest absolute Gasteiger partial charge is 0.383 e. The van der Waals surface area contributed by atoms with E-state index in [9.17, 15) is 4.79 Å². The van der Waals surface area contributed by atoms with Crippen LogP contribution in [0.15, 0.2) is 6.33 Å². The highest BCUT2D eigenvalue weighted by molar-refractivity contribution is 5.83. The maximum Gasteiger partial charge on any atom is 0.244 e. The monoisotopic (exact) mass is 237 g/mol. The Labute approximate surface area is 101 Å². The van der Waals surface area contributed by atoms with E-state index < -0.39 is 0 Å². The maximum atomic E-state index is 11.7. The molecule has 94 valence electrons. The Morgan fingerprint density at radius 3 is 2.71 bits per heavy atom. The lowest BCUT2D eigenvalue weighted by Gasteiger charge is -2.19. The fraction of sp³-hybridized carbons (Fsp3) is 0.545. The van der Waals surface area contributed by atoms with E-state index in [2.05, 4.69) is 15.3 Å². The third kappa shape index (κ3) is 3.05. The molecule has 0 aromatic carbocycles. The average Bonchev–Trinajstić information content (AvgIpc) is 2.28. The van der Waals surface area contributed by atoms with Gasteiger partial charge in [-0.05, 0) is 13.3 Å². The van der Waals surface area contributed by atoms with Gasteiger partial charge in [-0.1, -0.05) is 6.92 Å². The van der Waals surface area contributed by atoms with Crippen LogP contribution >= 0.6 is 0 Å². The highest BCUT2D eigenvalue weighted by atomic mass is 16.2. The molecule has 1 amide bonds. The van der Waals surface area contributed by atoms with Gasteiger partial charge < -0.3 is 16.0 Å². The molecule has 1 heterocycles. The number of likely N-dealkylation sites (N-methyl/N-ethyl adjacent to an activating group) is 1. The van der Waals surface area contributed by atoms with Crippen molar-refractivity contribution in [1.82, 2.24) is 14.9 Å². The van der Waals surface area contributed by atoms with Crippen LogP contribution < -0.4 is 11.1 Å². The van der Waals surface area contributed by atoms with Crippen molar-refractivity contribution in [1.29, 1.82) is 0 Å². The highest BCUT2D eigenvalue weighted by Gasteiger charge is 2.17. The van der Waals surface area contributed by atoms with Crippen LogP contribution in [0.4, 0.5) is 11.6 Å². The first-order chi connectivity index (χ1) is 7.97. The summed E-state index contributed by atoms with van der Waals surface area (Å²) in [5.41, 5.74) is 6.60. The highest BCUT2D eigenvalue weighted by Crippen LogP contribution is 2.18. The van der Waals surface area contributed by atoms with Gasteiger partial charge in [0.25, 0.3) is 0 Å². The van der Waals surface area contributed by atoms with Crippen LogP contribution in [0.5, 0.6) is 0 Å². The maximum absolute atomic E-state index is 11.7. The van der Waals surface area contributed by atoms with Crippen LogP contribution in [0, 0.1) is 0 Å². The van der Waals surface area contributed by atoms with Crippen molar-refractivity contribution in [3.8, 4) is 0 Å². The second-order valence-electron chi connectivity index (χ2n) is 4.04. The van der Waals surface area contributed by atoms with Gasteiger partial charge in [-0.3, -0.25) is 4.79 Å². The molecule has 6 heteroatoms. The number of amides is 1. The number of rotatable bonds is 4. The van der Waals surface area contributed by atoms with Gasteiger partial charge in [0.1, 0.15) is 24.0 Å². The SMILES string of the molecule is CCc1c(N)ncnc1NC(C)C(=O)N(C)C. The second kappa shape index (κ2) is 5.47. The molecular formula is C11H19N5O. The summed E-state index contributed by atoms with van der Waals surface area (Å²) in [4.78, 5) is 21.3. The van der Waals surface area contributed by atoms with Crippen LogP contribution in [-0.2, 0) is 11.2 Å². The molecule has 1 aromatic heterocycles. The third-order valence-corrected chi connectivity index (χ3v) is 2.50. The summed E-state index contributed by atoms with van der Waals surface area (Å²) < 4.78 is 0. The molecule has 0 radical (unpaired) electrons. The number of nitrogen functional groups attached to an aromatic ring is 1. The number of hydrogen-bond donors (Lipinski definition) is 2. The number of nitrogens with two attached hydrogens (primary N) is 1. The zero-order chi connectivity index (χ0) is 13.0. The number of hydrogen-bond acceptors (Lipinski definition) is 5. The Balaban J connectivity index is 2.88. The molecule has 0 spiro atoms. The topological polar surface area (TPSA) is 84.1 Å². The lowest BCUT2D eigenvalue weighted by Crippen LogP contribution is -2.37. The van der Waals surface area contributed by atoms with E-state index in [-0.39, 0.29) is 11.9 Å². The van der Waals surface area contributed by atoms with E-state index in [1.165, 1.54) is 11.2 Å². The van der Waals surface area contributed by atoms with Crippen molar-refractivity contribution in [3.05, 3.63) is 11.9 Å².